The molecule has 0 bridgehead atoms. The van der Waals surface area contributed by atoms with Crippen molar-refractivity contribution in [3.8, 4) is 5.75 Å². The fraction of sp³-hybridized carbons (Fsp3) is 0.200. The third-order valence-electron chi connectivity index (χ3n) is 3.10. The molecule has 0 fully saturated rings. The van der Waals surface area contributed by atoms with Crippen LogP contribution in [0.1, 0.15) is 16.7 Å². The molecular formula is C15H13ClF3NO. The number of alkyl halides is 3. The van der Waals surface area contributed by atoms with Crippen molar-refractivity contribution in [1.29, 1.82) is 0 Å². The molecule has 0 spiro atoms. The topological polar surface area (TPSA) is 35.2 Å². The fourth-order valence-corrected chi connectivity index (χ4v) is 2.27. The molecule has 0 radical (unpaired) electrons. The van der Waals surface area contributed by atoms with Crippen LogP contribution in [0, 0.1) is 6.92 Å². The average Bonchev–Trinajstić information content (AvgIpc) is 2.36. The van der Waals surface area contributed by atoms with E-state index in [0.29, 0.717) is 16.3 Å². The van der Waals surface area contributed by atoms with Crippen molar-refractivity contribution >= 4 is 17.3 Å². The van der Waals surface area contributed by atoms with Crippen molar-refractivity contribution in [1.82, 2.24) is 0 Å². The molecule has 0 atom stereocenters. The Morgan fingerprint density at radius 1 is 1.14 bits per heavy atom. The van der Waals surface area contributed by atoms with Gasteiger partial charge in [-0.05, 0) is 41.8 Å². The first-order valence-electron chi connectivity index (χ1n) is 6.14. The molecule has 0 aliphatic heterocycles. The summed E-state index contributed by atoms with van der Waals surface area (Å²) in [5.74, 6) is -0.219. The number of hydrogen-bond donors (Lipinski definition) is 1. The molecule has 21 heavy (non-hydrogen) atoms. The fourth-order valence-electron chi connectivity index (χ4n) is 2.02. The molecule has 0 heterocycles. The zero-order valence-corrected chi connectivity index (χ0v) is 11.9. The van der Waals surface area contributed by atoms with E-state index in [-0.39, 0.29) is 12.2 Å². The highest BCUT2D eigenvalue weighted by atomic mass is 35.5. The van der Waals surface area contributed by atoms with Crippen molar-refractivity contribution in [2.24, 2.45) is 0 Å². The van der Waals surface area contributed by atoms with Gasteiger partial charge in [0, 0.05) is 17.1 Å². The van der Waals surface area contributed by atoms with Gasteiger partial charge in [0.05, 0.1) is 0 Å². The average molecular weight is 316 g/mol. The van der Waals surface area contributed by atoms with Crippen molar-refractivity contribution < 1.29 is 17.9 Å². The molecule has 2 rings (SSSR count). The number of ether oxygens (including phenoxy) is 1. The van der Waals surface area contributed by atoms with E-state index < -0.39 is 6.36 Å². The first kappa shape index (κ1) is 15.5. The van der Waals surface area contributed by atoms with Gasteiger partial charge in [0.25, 0.3) is 0 Å². The van der Waals surface area contributed by atoms with Gasteiger partial charge in [-0.2, -0.15) is 0 Å². The van der Waals surface area contributed by atoms with E-state index in [4.69, 9.17) is 17.3 Å². The maximum absolute atomic E-state index is 12.4. The smallest absolute Gasteiger partial charge is 0.405 e. The van der Waals surface area contributed by atoms with Crippen molar-refractivity contribution in [3.05, 3.63) is 58.1 Å². The molecule has 2 N–H and O–H groups in total. The minimum Gasteiger partial charge on any atom is -0.405 e. The second-order valence-electron chi connectivity index (χ2n) is 4.61. The van der Waals surface area contributed by atoms with Gasteiger partial charge in [0.1, 0.15) is 5.75 Å². The number of para-hydroxylation sites is 1. The third-order valence-corrected chi connectivity index (χ3v) is 3.32. The Labute approximate surface area is 125 Å². The van der Waals surface area contributed by atoms with Gasteiger partial charge in [-0.1, -0.05) is 29.8 Å². The number of halogens is 4. The van der Waals surface area contributed by atoms with Crippen LogP contribution in [-0.2, 0) is 6.42 Å². The van der Waals surface area contributed by atoms with Crippen LogP contribution >= 0.6 is 11.6 Å². The second kappa shape index (κ2) is 5.85. The van der Waals surface area contributed by atoms with Crippen LogP contribution in [0.15, 0.2) is 36.4 Å². The molecule has 2 aromatic rings. The SMILES string of the molecule is Cc1c(N)cc(Cl)cc1Cc1ccccc1OC(F)(F)F. The van der Waals surface area contributed by atoms with Crippen LogP contribution in [0.2, 0.25) is 5.02 Å². The van der Waals surface area contributed by atoms with Crippen molar-refractivity contribution in [2.75, 3.05) is 5.73 Å². The Morgan fingerprint density at radius 2 is 1.81 bits per heavy atom. The van der Waals surface area contributed by atoms with E-state index in [1.807, 2.05) is 0 Å². The van der Waals surface area contributed by atoms with Crippen LogP contribution in [0.25, 0.3) is 0 Å². The molecule has 0 aliphatic carbocycles. The summed E-state index contributed by atoms with van der Waals surface area (Å²) in [5.41, 5.74) is 8.30. The third kappa shape index (κ3) is 4.04. The van der Waals surface area contributed by atoms with Crippen LogP contribution in [0.3, 0.4) is 0 Å². The molecule has 2 nitrogen and oxygen atoms in total. The summed E-state index contributed by atoms with van der Waals surface area (Å²) in [5, 5.41) is 0.447. The highest BCUT2D eigenvalue weighted by Crippen LogP contribution is 2.30. The molecular weight excluding hydrogens is 303 g/mol. The van der Waals surface area contributed by atoms with Crippen molar-refractivity contribution in [2.45, 2.75) is 19.7 Å². The molecule has 6 heteroatoms. The Hall–Kier alpha value is -1.88. The number of nitrogen functional groups attached to an aromatic ring is 1. The lowest BCUT2D eigenvalue weighted by molar-refractivity contribution is -0.274. The van der Waals surface area contributed by atoms with Crippen LogP contribution < -0.4 is 10.5 Å². The zero-order valence-electron chi connectivity index (χ0n) is 11.2. The van der Waals surface area contributed by atoms with E-state index in [0.717, 1.165) is 11.1 Å². The highest BCUT2D eigenvalue weighted by Gasteiger charge is 2.32. The van der Waals surface area contributed by atoms with E-state index in [9.17, 15) is 13.2 Å². The Bertz CT molecular complexity index is 656. The van der Waals surface area contributed by atoms with E-state index in [2.05, 4.69) is 4.74 Å². The maximum atomic E-state index is 12.4. The lowest BCUT2D eigenvalue weighted by atomic mass is 9.99. The van der Waals surface area contributed by atoms with Gasteiger partial charge >= 0.3 is 6.36 Å². The zero-order chi connectivity index (χ0) is 15.6. The van der Waals surface area contributed by atoms with Gasteiger partial charge < -0.3 is 10.5 Å². The molecule has 0 aliphatic rings. The Morgan fingerprint density at radius 3 is 2.48 bits per heavy atom. The number of benzene rings is 2. The lowest BCUT2D eigenvalue weighted by Crippen LogP contribution is -2.18. The molecule has 2 aromatic carbocycles. The van der Waals surface area contributed by atoms with E-state index in [1.54, 1.807) is 31.2 Å². The van der Waals surface area contributed by atoms with E-state index >= 15 is 0 Å². The largest absolute Gasteiger partial charge is 0.573 e. The number of hydrogen-bond acceptors (Lipinski definition) is 2. The maximum Gasteiger partial charge on any atom is 0.573 e. The summed E-state index contributed by atoms with van der Waals surface area (Å²) < 4.78 is 41.3. The summed E-state index contributed by atoms with van der Waals surface area (Å²) in [7, 11) is 0. The van der Waals surface area contributed by atoms with Crippen molar-refractivity contribution in [3.63, 3.8) is 0 Å². The minimum atomic E-state index is -4.72. The molecule has 0 unspecified atom stereocenters. The summed E-state index contributed by atoms with van der Waals surface area (Å²) in [6.07, 6.45) is -4.47. The number of rotatable bonds is 3. The molecule has 0 saturated heterocycles. The minimum absolute atomic E-state index is 0.219. The first-order chi connectivity index (χ1) is 9.76. The summed E-state index contributed by atoms with van der Waals surface area (Å²) in [4.78, 5) is 0. The molecule has 0 saturated carbocycles. The standard InChI is InChI=1S/C15H13ClF3NO/c1-9-11(7-12(16)8-13(9)20)6-10-4-2-3-5-14(10)21-15(17,18)19/h2-5,7-8H,6,20H2,1H3. The predicted molar refractivity (Wildman–Crippen MR) is 76.5 cm³/mol. The highest BCUT2D eigenvalue weighted by molar-refractivity contribution is 6.31. The molecule has 0 aromatic heterocycles. The summed E-state index contributed by atoms with van der Waals surface area (Å²) in [6, 6.07) is 9.31. The van der Waals surface area contributed by atoms with Crippen LogP contribution in [-0.4, -0.2) is 6.36 Å². The monoisotopic (exact) mass is 315 g/mol. The van der Waals surface area contributed by atoms with E-state index in [1.165, 1.54) is 12.1 Å². The number of anilines is 1. The predicted octanol–water partition coefficient (Wildman–Crippen LogP) is 4.72. The van der Waals surface area contributed by atoms with Gasteiger partial charge in [-0.15, -0.1) is 13.2 Å². The quantitative estimate of drug-likeness (QED) is 0.832. The Kier molecular flexibility index (Phi) is 4.32. The normalized spacial score (nSPS) is 11.5. The molecule has 112 valence electrons. The van der Waals surface area contributed by atoms with Crippen LogP contribution in [0.5, 0.6) is 5.75 Å². The second-order valence-corrected chi connectivity index (χ2v) is 5.05. The number of nitrogens with two attached hydrogens (primary N) is 1. The summed E-state index contributed by atoms with van der Waals surface area (Å²) >= 11 is 5.94. The van der Waals surface area contributed by atoms with Gasteiger partial charge in [-0.25, -0.2) is 0 Å². The van der Waals surface area contributed by atoms with Gasteiger partial charge in [-0.3, -0.25) is 0 Å². The van der Waals surface area contributed by atoms with Crippen LogP contribution in [0.4, 0.5) is 18.9 Å². The first-order valence-corrected chi connectivity index (χ1v) is 6.52. The Balaban J connectivity index is 2.36. The lowest BCUT2D eigenvalue weighted by Gasteiger charge is -2.15. The van der Waals surface area contributed by atoms with Gasteiger partial charge in [0.15, 0.2) is 0 Å². The van der Waals surface area contributed by atoms with Gasteiger partial charge in [0.2, 0.25) is 0 Å². The summed E-state index contributed by atoms with van der Waals surface area (Å²) in [6.45, 7) is 1.80. The molecule has 0 amide bonds.